The highest BCUT2D eigenvalue weighted by Crippen LogP contribution is 2.31. The summed E-state index contributed by atoms with van der Waals surface area (Å²) in [4.78, 5) is 14.0. The van der Waals surface area contributed by atoms with Gasteiger partial charge in [-0.3, -0.25) is 4.79 Å². The summed E-state index contributed by atoms with van der Waals surface area (Å²) in [6.45, 7) is 4.83. The molecule has 0 bridgehead atoms. The molecule has 1 saturated carbocycles. The molecule has 0 saturated heterocycles. The van der Waals surface area contributed by atoms with Crippen LogP contribution in [0.15, 0.2) is 5.16 Å². The van der Waals surface area contributed by atoms with Crippen LogP contribution >= 0.6 is 11.8 Å². The Kier molecular flexibility index (Phi) is 6.19. The fourth-order valence-corrected chi connectivity index (χ4v) is 3.50. The molecule has 2 rings (SSSR count). The van der Waals surface area contributed by atoms with Gasteiger partial charge >= 0.3 is 0 Å². The molecule has 1 aromatic rings. The van der Waals surface area contributed by atoms with E-state index in [9.17, 15) is 4.79 Å². The predicted molar refractivity (Wildman–Crippen MR) is 83.1 cm³/mol. The summed E-state index contributed by atoms with van der Waals surface area (Å²) in [5.41, 5.74) is 0. The molecule has 7 nitrogen and oxygen atoms in total. The first kappa shape index (κ1) is 16.7. The van der Waals surface area contributed by atoms with Crippen molar-refractivity contribution in [3.63, 3.8) is 0 Å². The summed E-state index contributed by atoms with van der Waals surface area (Å²) in [5.74, 6) is 0.173. The van der Waals surface area contributed by atoms with E-state index in [0.717, 1.165) is 12.8 Å². The quantitative estimate of drug-likeness (QED) is 0.712. The van der Waals surface area contributed by atoms with E-state index in [1.54, 1.807) is 4.90 Å². The number of thioether (sulfide) groups is 1. The molecule has 0 radical (unpaired) electrons. The van der Waals surface area contributed by atoms with Crippen LogP contribution in [0.3, 0.4) is 0 Å². The number of hydrogen-bond acceptors (Lipinski definition) is 6. The van der Waals surface area contributed by atoms with E-state index in [1.807, 2.05) is 18.5 Å². The molecule has 0 unspecified atom stereocenters. The number of amides is 1. The van der Waals surface area contributed by atoms with Crippen molar-refractivity contribution in [3.8, 4) is 6.07 Å². The third-order valence-corrected chi connectivity index (χ3v) is 4.83. The Morgan fingerprint density at radius 1 is 1.55 bits per heavy atom. The molecule has 1 aliphatic carbocycles. The van der Waals surface area contributed by atoms with Crippen LogP contribution in [0, 0.1) is 17.2 Å². The maximum absolute atomic E-state index is 12.3. The standard InChI is InChI=1S/C14H22N6OS/c1-3-19(9-11(2)8-15)13(21)10-22-14-16-17-18-20(14)12-6-4-5-7-12/h11-12H,3-7,9-10H2,1-2H3/t11-/m1/s1. The van der Waals surface area contributed by atoms with E-state index in [1.165, 1.54) is 24.6 Å². The summed E-state index contributed by atoms with van der Waals surface area (Å²) >= 11 is 1.38. The summed E-state index contributed by atoms with van der Waals surface area (Å²) < 4.78 is 1.86. The summed E-state index contributed by atoms with van der Waals surface area (Å²) in [6.07, 6.45) is 4.63. The number of tetrazole rings is 1. The molecule has 0 spiro atoms. The molecule has 0 aromatic carbocycles. The third kappa shape index (κ3) is 4.19. The Bertz CT molecular complexity index is 534. The first-order valence-corrected chi connectivity index (χ1v) is 8.72. The zero-order chi connectivity index (χ0) is 15.9. The number of carbonyl (C=O) groups is 1. The summed E-state index contributed by atoms with van der Waals surface area (Å²) in [5, 5.41) is 21.4. The van der Waals surface area contributed by atoms with Crippen LogP contribution in [0.1, 0.15) is 45.6 Å². The van der Waals surface area contributed by atoms with E-state index >= 15 is 0 Å². The molecule has 1 fully saturated rings. The van der Waals surface area contributed by atoms with Gasteiger partial charge in [0.1, 0.15) is 0 Å². The van der Waals surface area contributed by atoms with E-state index in [-0.39, 0.29) is 11.8 Å². The van der Waals surface area contributed by atoms with Crippen molar-refractivity contribution in [1.29, 1.82) is 5.26 Å². The van der Waals surface area contributed by atoms with Crippen LogP contribution in [0.2, 0.25) is 0 Å². The smallest absolute Gasteiger partial charge is 0.233 e. The van der Waals surface area contributed by atoms with Gasteiger partial charge in [-0.1, -0.05) is 24.6 Å². The van der Waals surface area contributed by atoms with Crippen LogP contribution in [0.4, 0.5) is 0 Å². The molecule has 1 heterocycles. The van der Waals surface area contributed by atoms with Gasteiger partial charge < -0.3 is 4.90 Å². The van der Waals surface area contributed by atoms with Crippen molar-refractivity contribution in [1.82, 2.24) is 25.1 Å². The Labute approximate surface area is 135 Å². The lowest BCUT2D eigenvalue weighted by atomic mass is 10.2. The number of nitrogens with zero attached hydrogens (tertiary/aromatic N) is 6. The van der Waals surface area contributed by atoms with Crippen LogP contribution in [-0.2, 0) is 4.79 Å². The molecule has 120 valence electrons. The topological polar surface area (TPSA) is 87.7 Å². The fraction of sp³-hybridized carbons (Fsp3) is 0.786. The van der Waals surface area contributed by atoms with E-state index in [2.05, 4.69) is 21.6 Å². The van der Waals surface area contributed by atoms with Gasteiger partial charge in [-0.2, -0.15) is 5.26 Å². The normalized spacial score (nSPS) is 16.4. The molecule has 0 N–H and O–H groups in total. The van der Waals surface area contributed by atoms with Gasteiger partial charge in [0.05, 0.1) is 23.8 Å². The average molecular weight is 322 g/mol. The molecule has 1 amide bonds. The molecular formula is C14H22N6OS. The molecule has 1 aromatic heterocycles. The third-order valence-electron chi connectivity index (χ3n) is 3.91. The molecule has 8 heteroatoms. The highest BCUT2D eigenvalue weighted by molar-refractivity contribution is 7.99. The average Bonchev–Trinajstić information content (AvgIpc) is 3.19. The Morgan fingerprint density at radius 3 is 2.91 bits per heavy atom. The SMILES string of the molecule is CCN(C[C@H](C)C#N)C(=O)CSc1nnnn1C1CCCC1. The largest absolute Gasteiger partial charge is 0.341 e. The molecule has 1 aliphatic rings. The highest BCUT2D eigenvalue weighted by Gasteiger charge is 2.23. The number of hydrogen-bond donors (Lipinski definition) is 0. The van der Waals surface area contributed by atoms with Gasteiger partial charge in [-0.25, -0.2) is 4.68 Å². The second-order valence-electron chi connectivity index (χ2n) is 5.60. The van der Waals surface area contributed by atoms with Crippen molar-refractivity contribution in [2.75, 3.05) is 18.8 Å². The van der Waals surface area contributed by atoms with E-state index < -0.39 is 0 Å². The van der Waals surface area contributed by atoms with Crippen LogP contribution in [0.25, 0.3) is 0 Å². The second-order valence-corrected chi connectivity index (χ2v) is 6.54. The Morgan fingerprint density at radius 2 is 2.27 bits per heavy atom. The Hall–Kier alpha value is -1.62. The fourth-order valence-electron chi connectivity index (χ4n) is 2.65. The van der Waals surface area contributed by atoms with Crippen molar-refractivity contribution in [2.24, 2.45) is 5.92 Å². The van der Waals surface area contributed by atoms with Crippen LogP contribution in [-0.4, -0.2) is 49.9 Å². The number of aromatic nitrogens is 4. The molecule has 22 heavy (non-hydrogen) atoms. The summed E-state index contributed by atoms with van der Waals surface area (Å²) in [7, 11) is 0. The maximum Gasteiger partial charge on any atom is 0.233 e. The maximum atomic E-state index is 12.3. The minimum absolute atomic E-state index is 0.0237. The van der Waals surface area contributed by atoms with Gasteiger partial charge in [0.2, 0.25) is 11.1 Å². The minimum atomic E-state index is -0.155. The van der Waals surface area contributed by atoms with Gasteiger partial charge in [-0.15, -0.1) is 5.10 Å². The lowest BCUT2D eigenvalue weighted by Gasteiger charge is -2.21. The number of rotatable bonds is 7. The first-order chi connectivity index (χ1) is 10.7. The zero-order valence-corrected chi connectivity index (χ0v) is 13.9. The van der Waals surface area contributed by atoms with Crippen molar-refractivity contribution in [3.05, 3.63) is 0 Å². The second kappa shape index (κ2) is 8.13. The minimum Gasteiger partial charge on any atom is -0.341 e. The summed E-state index contributed by atoms with van der Waals surface area (Å²) in [6, 6.07) is 2.53. The van der Waals surface area contributed by atoms with E-state index in [0.29, 0.717) is 30.0 Å². The lowest BCUT2D eigenvalue weighted by Crippen LogP contribution is -2.35. The number of nitriles is 1. The van der Waals surface area contributed by atoms with Gasteiger partial charge in [0.15, 0.2) is 0 Å². The highest BCUT2D eigenvalue weighted by atomic mass is 32.2. The van der Waals surface area contributed by atoms with Crippen LogP contribution < -0.4 is 0 Å². The van der Waals surface area contributed by atoms with Crippen LogP contribution in [0.5, 0.6) is 0 Å². The van der Waals surface area contributed by atoms with Crippen molar-refractivity contribution >= 4 is 17.7 Å². The monoisotopic (exact) mass is 322 g/mol. The molecular weight excluding hydrogens is 300 g/mol. The lowest BCUT2D eigenvalue weighted by molar-refractivity contribution is -0.128. The van der Waals surface area contributed by atoms with Gasteiger partial charge in [0, 0.05) is 13.1 Å². The Balaban J connectivity index is 1.90. The van der Waals surface area contributed by atoms with E-state index in [4.69, 9.17) is 5.26 Å². The molecule has 1 atom stereocenters. The predicted octanol–water partition coefficient (Wildman–Crippen LogP) is 1.89. The molecule has 0 aliphatic heterocycles. The van der Waals surface area contributed by atoms with Gasteiger partial charge in [0.25, 0.3) is 0 Å². The first-order valence-electron chi connectivity index (χ1n) is 7.73. The number of carbonyl (C=O) groups excluding carboxylic acids is 1. The van der Waals surface area contributed by atoms with Gasteiger partial charge in [-0.05, 0) is 37.1 Å². The van der Waals surface area contributed by atoms with Crippen molar-refractivity contribution < 1.29 is 4.79 Å². The zero-order valence-electron chi connectivity index (χ0n) is 13.1. The van der Waals surface area contributed by atoms with Crippen molar-refractivity contribution in [2.45, 2.75) is 50.7 Å².